The topological polar surface area (TPSA) is 41.4 Å². The lowest BCUT2D eigenvalue weighted by Crippen LogP contribution is -2.50. The number of halogens is 3. The molecule has 2 saturated heterocycles. The van der Waals surface area contributed by atoms with Crippen molar-refractivity contribution >= 4 is 5.91 Å². The van der Waals surface area contributed by atoms with Crippen LogP contribution in [0.5, 0.6) is 0 Å². The summed E-state index contributed by atoms with van der Waals surface area (Å²) in [6.45, 7) is 3.50. The van der Waals surface area contributed by atoms with Crippen LogP contribution in [0.25, 0.3) is 0 Å². The molecule has 3 rings (SSSR count). The van der Waals surface area contributed by atoms with Crippen molar-refractivity contribution in [3.63, 3.8) is 0 Å². The van der Waals surface area contributed by atoms with Gasteiger partial charge in [0.1, 0.15) is 5.69 Å². The minimum Gasteiger partial charge on any atom is -0.333 e. The van der Waals surface area contributed by atoms with E-state index in [2.05, 4.69) is 10.00 Å². The Morgan fingerprint density at radius 2 is 1.77 bits per heavy atom. The number of piperidine rings is 1. The van der Waals surface area contributed by atoms with E-state index in [1.807, 2.05) is 0 Å². The summed E-state index contributed by atoms with van der Waals surface area (Å²) in [5, 5.41) is 3.48. The number of amides is 1. The van der Waals surface area contributed by atoms with Crippen LogP contribution >= 0.6 is 0 Å². The summed E-state index contributed by atoms with van der Waals surface area (Å²) >= 11 is 0. The number of rotatable bonds is 3. The average molecular weight is 372 g/mol. The van der Waals surface area contributed by atoms with E-state index in [1.54, 1.807) is 4.90 Å². The van der Waals surface area contributed by atoms with Gasteiger partial charge in [-0.3, -0.25) is 9.48 Å². The van der Waals surface area contributed by atoms with Crippen LogP contribution in [0, 0.1) is 0 Å². The van der Waals surface area contributed by atoms with Crippen LogP contribution in [0.1, 0.15) is 61.1 Å². The molecule has 0 radical (unpaired) electrons. The third-order valence-electron chi connectivity index (χ3n) is 5.44. The number of aromatic nitrogens is 2. The molecule has 2 aliphatic rings. The highest BCUT2D eigenvalue weighted by Gasteiger charge is 2.37. The highest BCUT2D eigenvalue weighted by Crippen LogP contribution is 2.29. The summed E-state index contributed by atoms with van der Waals surface area (Å²) in [6.07, 6.45) is 3.18. The maximum Gasteiger partial charge on any atom is 0.435 e. The Kier molecular flexibility index (Phi) is 5.89. The standard InChI is InChI=1S/C18H27F3N4O/c1-23-15(12-16(22-23)18(19,20)21)17(26)25-11-7-4-8-14(25)13-24-9-5-2-3-6-10-24/h12,14H,2-11,13H2,1H3/t14-/m1/s1. The minimum atomic E-state index is -4.54. The molecule has 0 bridgehead atoms. The molecule has 1 aromatic rings. The molecule has 1 aromatic heterocycles. The van der Waals surface area contributed by atoms with Crippen molar-refractivity contribution in [2.24, 2.45) is 7.05 Å². The maximum atomic E-state index is 13.0. The Hall–Kier alpha value is -1.57. The van der Waals surface area contributed by atoms with Crippen LogP contribution in [-0.2, 0) is 13.2 Å². The second kappa shape index (κ2) is 7.98. The van der Waals surface area contributed by atoms with Crippen molar-refractivity contribution in [3.8, 4) is 0 Å². The second-order valence-corrected chi connectivity index (χ2v) is 7.40. The third-order valence-corrected chi connectivity index (χ3v) is 5.44. The number of carbonyl (C=O) groups excluding carboxylic acids is 1. The molecule has 146 valence electrons. The SMILES string of the molecule is Cn1nc(C(F)(F)F)cc1C(=O)N1CCCC[C@@H]1CN1CCCCCC1. The molecule has 0 aromatic carbocycles. The Bertz CT molecular complexity index is 620. The number of hydrogen-bond acceptors (Lipinski definition) is 3. The predicted molar refractivity (Wildman–Crippen MR) is 91.8 cm³/mol. The van der Waals surface area contributed by atoms with E-state index in [1.165, 1.54) is 32.7 Å². The van der Waals surface area contributed by atoms with E-state index < -0.39 is 11.9 Å². The van der Waals surface area contributed by atoms with Gasteiger partial charge in [0.15, 0.2) is 5.69 Å². The molecule has 0 unspecified atom stereocenters. The molecular formula is C18H27F3N4O. The first-order chi connectivity index (χ1) is 12.4. The van der Waals surface area contributed by atoms with Gasteiger partial charge < -0.3 is 9.80 Å². The quantitative estimate of drug-likeness (QED) is 0.817. The number of alkyl halides is 3. The summed E-state index contributed by atoms with van der Waals surface area (Å²) in [7, 11) is 1.40. The lowest BCUT2D eigenvalue weighted by atomic mass is 10.0. The normalized spacial score (nSPS) is 23.1. The van der Waals surface area contributed by atoms with Crippen LogP contribution in [0.15, 0.2) is 6.07 Å². The van der Waals surface area contributed by atoms with Crippen molar-refractivity contribution in [2.75, 3.05) is 26.2 Å². The first-order valence-corrected chi connectivity index (χ1v) is 9.51. The van der Waals surface area contributed by atoms with E-state index in [0.29, 0.717) is 6.54 Å². The Labute approximate surface area is 152 Å². The van der Waals surface area contributed by atoms with Gasteiger partial charge in [0, 0.05) is 32.2 Å². The van der Waals surface area contributed by atoms with E-state index in [4.69, 9.17) is 0 Å². The molecule has 0 spiro atoms. The molecule has 26 heavy (non-hydrogen) atoms. The van der Waals surface area contributed by atoms with Gasteiger partial charge in [-0.25, -0.2) is 0 Å². The first kappa shape index (κ1) is 19.2. The summed E-state index contributed by atoms with van der Waals surface area (Å²) in [6, 6.07) is 0.943. The molecule has 2 fully saturated rings. The molecule has 0 saturated carbocycles. The van der Waals surface area contributed by atoms with Gasteiger partial charge in [0.2, 0.25) is 0 Å². The fourth-order valence-corrected chi connectivity index (χ4v) is 4.03. The second-order valence-electron chi connectivity index (χ2n) is 7.40. The number of aryl methyl sites for hydroxylation is 1. The molecular weight excluding hydrogens is 345 g/mol. The first-order valence-electron chi connectivity index (χ1n) is 9.51. The van der Waals surface area contributed by atoms with E-state index in [-0.39, 0.29) is 17.6 Å². The monoisotopic (exact) mass is 372 g/mol. The van der Waals surface area contributed by atoms with Crippen LogP contribution in [0.3, 0.4) is 0 Å². The molecule has 1 atom stereocenters. The van der Waals surface area contributed by atoms with Crippen LogP contribution in [-0.4, -0.2) is 57.7 Å². The van der Waals surface area contributed by atoms with Gasteiger partial charge in [-0.15, -0.1) is 0 Å². The smallest absolute Gasteiger partial charge is 0.333 e. The fourth-order valence-electron chi connectivity index (χ4n) is 4.03. The van der Waals surface area contributed by atoms with Gasteiger partial charge in [-0.05, 0) is 45.2 Å². The highest BCUT2D eigenvalue weighted by molar-refractivity contribution is 5.93. The molecule has 2 aliphatic heterocycles. The van der Waals surface area contributed by atoms with Gasteiger partial charge in [0.05, 0.1) is 0 Å². The zero-order valence-electron chi connectivity index (χ0n) is 15.3. The van der Waals surface area contributed by atoms with Gasteiger partial charge in [-0.1, -0.05) is 12.8 Å². The van der Waals surface area contributed by atoms with Crippen molar-refractivity contribution in [1.82, 2.24) is 19.6 Å². The zero-order chi connectivity index (χ0) is 18.7. The number of carbonyl (C=O) groups is 1. The summed E-state index contributed by atoms with van der Waals surface area (Å²) in [4.78, 5) is 17.1. The molecule has 3 heterocycles. The van der Waals surface area contributed by atoms with Gasteiger partial charge >= 0.3 is 6.18 Å². The molecule has 0 N–H and O–H groups in total. The maximum absolute atomic E-state index is 13.0. The average Bonchev–Trinajstić information content (AvgIpc) is 2.82. The van der Waals surface area contributed by atoms with Crippen molar-refractivity contribution in [1.29, 1.82) is 0 Å². The van der Waals surface area contributed by atoms with Gasteiger partial charge in [-0.2, -0.15) is 18.3 Å². The molecule has 8 heteroatoms. The summed E-state index contributed by atoms with van der Waals surface area (Å²) < 4.78 is 39.8. The fraction of sp³-hybridized carbons (Fsp3) is 0.778. The number of nitrogens with zero attached hydrogens (tertiary/aromatic N) is 4. The predicted octanol–water partition coefficient (Wildman–Crippen LogP) is 3.31. The largest absolute Gasteiger partial charge is 0.435 e. The van der Waals surface area contributed by atoms with Crippen molar-refractivity contribution in [3.05, 3.63) is 17.5 Å². The molecule has 5 nitrogen and oxygen atoms in total. The lowest BCUT2D eigenvalue weighted by molar-refractivity contribution is -0.141. The Morgan fingerprint density at radius 1 is 1.12 bits per heavy atom. The van der Waals surface area contributed by atoms with Crippen molar-refractivity contribution < 1.29 is 18.0 Å². The van der Waals surface area contributed by atoms with Gasteiger partial charge in [0.25, 0.3) is 5.91 Å². The number of hydrogen-bond donors (Lipinski definition) is 0. The molecule has 1 amide bonds. The lowest BCUT2D eigenvalue weighted by Gasteiger charge is -2.38. The zero-order valence-corrected chi connectivity index (χ0v) is 15.3. The molecule has 0 aliphatic carbocycles. The minimum absolute atomic E-state index is 0.0140. The van der Waals surface area contributed by atoms with Crippen LogP contribution in [0.2, 0.25) is 0 Å². The van der Waals surface area contributed by atoms with E-state index >= 15 is 0 Å². The Morgan fingerprint density at radius 3 is 2.38 bits per heavy atom. The summed E-state index contributed by atoms with van der Waals surface area (Å²) in [5.41, 5.74) is -0.996. The number of likely N-dealkylation sites (tertiary alicyclic amines) is 2. The third kappa shape index (κ3) is 4.39. The van der Waals surface area contributed by atoms with E-state index in [0.717, 1.165) is 49.6 Å². The van der Waals surface area contributed by atoms with Crippen LogP contribution in [0.4, 0.5) is 13.2 Å². The Balaban J connectivity index is 1.74. The van der Waals surface area contributed by atoms with E-state index in [9.17, 15) is 18.0 Å². The van der Waals surface area contributed by atoms with Crippen molar-refractivity contribution in [2.45, 2.75) is 57.2 Å². The summed E-state index contributed by atoms with van der Waals surface area (Å²) in [5.74, 6) is -0.338. The van der Waals surface area contributed by atoms with Crippen LogP contribution < -0.4 is 0 Å². The highest BCUT2D eigenvalue weighted by atomic mass is 19.4.